The van der Waals surface area contributed by atoms with E-state index in [2.05, 4.69) is 24.5 Å². The van der Waals surface area contributed by atoms with Crippen molar-refractivity contribution < 1.29 is 19.1 Å². The number of aryl methyl sites for hydroxylation is 2. The minimum absolute atomic E-state index is 0.0287. The summed E-state index contributed by atoms with van der Waals surface area (Å²) in [5, 5.41) is 5.74. The van der Waals surface area contributed by atoms with E-state index >= 15 is 0 Å². The zero-order valence-electron chi connectivity index (χ0n) is 18.7. The van der Waals surface area contributed by atoms with Gasteiger partial charge in [0.2, 0.25) is 5.91 Å². The minimum Gasteiger partial charge on any atom is -0.456 e. The van der Waals surface area contributed by atoms with E-state index < -0.39 is 18.0 Å². The Hall–Kier alpha value is -3.61. The highest BCUT2D eigenvalue weighted by Gasteiger charge is 2.43. The van der Waals surface area contributed by atoms with Crippen molar-refractivity contribution in [3.8, 4) is 0 Å². The van der Waals surface area contributed by atoms with Crippen LogP contribution in [0.2, 0.25) is 0 Å². The van der Waals surface area contributed by atoms with Crippen LogP contribution in [-0.4, -0.2) is 36.0 Å². The van der Waals surface area contributed by atoms with E-state index in [-0.39, 0.29) is 19.1 Å². The first-order valence-electron chi connectivity index (χ1n) is 10.7. The third kappa shape index (κ3) is 4.10. The number of carbonyl (C=O) groups is 3. The Morgan fingerprint density at radius 3 is 2.72 bits per heavy atom. The monoisotopic (exact) mass is 433 g/mol. The molecule has 166 valence electrons. The highest BCUT2D eigenvalue weighted by molar-refractivity contribution is 6.00. The molecule has 0 bridgehead atoms. The molecule has 0 spiro atoms. The van der Waals surface area contributed by atoms with Crippen LogP contribution in [0.15, 0.2) is 53.7 Å². The maximum atomic E-state index is 13.0. The zero-order chi connectivity index (χ0) is 23.0. The number of amides is 3. The minimum atomic E-state index is -0.602. The van der Waals surface area contributed by atoms with Gasteiger partial charge in [0.15, 0.2) is 0 Å². The van der Waals surface area contributed by atoms with E-state index in [0.29, 0.717) is 22.9 Å². The first-order chi connectivity index (χ1) is 15.2. The van der Waals surface area contributed by atoms with Crippen LogP contribution in [0, 0.1) is 13.8 Å². The van der Waals surface area contributed by atoms with Crippen molar-refractivity contribution in [2.75, 3.05) is 18.5 Å². The summed E-state index contributed by atoms with van der Waals surface area (Å²) in [4.78, 5) is 39.6. The number of hydrogen-bond donors (Lipinski definition) is 2. The summed E-state index contributed by atoms with van der Waals surface area (Å²) < 4.78 is 5.26. The van der Waals surface area contributed by atoms with E-state index in [0.717, 1.165) is 22.3 Å². The van der Waals surface area contributed by atoms with E-state index in [1.54, 1.807) is 0 Å². The van der Waals surface area contributed by atoms with Crippen molar-refractivity contribution in [1.29, 1.82) is 0 Å². The highest BCUT2D eigenvalue weighted by atomic mass is 16.5. The molecule has 1 unspecified atom stereocenters. The van der Waals surface area contributed by atoms with Crippen molar-refractivity contribution >= 4 is 23.6 Å². The summed E-state index contributed by atoms with van der Waals surface area (Å²) in [5.74, 6) is -0.491. The lowest BCUT2D eigenvalue weighted by molar-refractivity contribution is -0.136. The number of hydrogen-bond acceptors (Lipinski definition) is 4. The molecule has 2 heterocycles. The zero-order valence-corrected chi connectivity index (χ0v) is 18.7. The second kappa shape index (κ2) is 8.49. The summed E-state index contributed by atoms with van der Waals surface area (Å²) in [6.45, 7) is 7.81. The molecule has 2 aromatic rings. The van der Waals surface area contributed by atoms with Gasteiger partial charge in [-0.25, -0.2) is 9.59 Å². The quantitative estimate of drug-likeness (QED) is 0.699. The van der Waals surface area contributed by atoms with Crippen molar-refractivity contribution in [2.45, 2.75) is 39.7 Å². The van der Waals surface area contributed by atoms with E-state index in [9.17, 15) is 14.4 Å². The first kappa shape index (κ1) is 21.6. The fourth-order valence-corrected chi connectivity index (χ4v) is 4.10. The summed E-state index contributed by atoms with van der Waals surface area (Å²) in [5.41, 5.74) is 5.43. The molecule has 2 N–H and O–H groups in total. The van der Waals surface area contributed by atoms with Gasteiger partial charge in [-0.05, 0) is 48.6 Å². The molecule has 0 saturated carbocycles. The number of urea groups is 1. The van der Waals surface area contributed by atoms with E-state index in [1.807, 2.05) is 56.3 Å². The summed E-state index contributed by atoms with van der Waals surface area (Å²) in [6, 6.07) is 12.5. The number of nitrogens with one attached hydrogen (secondary N) is 2. The number of benzene rings is 2. The summed E-state index contributed by atoms with van der Waals surface area (Å²) in [7, 11) is 0. The predicted molar refractivity (Wildman–Crippen MR) is 121 cm³/mol. The average Bonchev–Trinajstić information content (AvgIpc) is 3.13. The van der Waals surface area contributed by atoms with E-state index in [1.165, 1.54) is 4.90 Å². The van der Waals surface area contributed by atoms with E-state index in [4.69, 9.17) is 4.74 Å². The number of carbonyl (C=O) groups excluding carboxylic acids is 3. The molecule has 2 aliphatic rings. The predicted octanol–water partition coefficient (Wildman–Crippen LogP) is 3.94. The third-order valence-electron chi connectivity index (χ3n) is 5.88. The van der Waals surface area contributed by atoms with Crippen molar-refractivity contribution in [2.24, 2.45) is 0 Å². The normalized spacial score (nSPS) is 17.9. The van der Waals surface area contributed by atoms with Gasteiger partial charge < -0.3 is 15.4 Å². The second-order valence-electron chi connectivity index (χ2n) is 8.59. The maximum absolute atomic E-state index is 13.0. The SMILES string of the molecule is Cc1ccc(C)c(C2NC(=O)N(CC(=O)Nc3cccc(C(C)C)c3)C3=C2C(=O)OC3)c1. The fraction of sp³-hybridized carbons (Fsp3) is 0.320. The van der Waals surface area contributed by atoms with Crippen LogP contribution in [0.4, 0.5) is 10.5 Å². The van der Waals surface area contributed by atoms with Crippen LogP contribution < -0.4 is 10.6 Å². The Morgan fingerprint density at radius 2 is 1.97 bits per heavy atom. The van der Waals surface area contributed by atoms with Gasteiger partial charge in [-0.3, -0.25) is 9.69 Å². The van der Waals surface area contributed by atoms with Gasteiger partial charge in [0.1, 0.15) is 13.2 Å². The molecule has 4 rings (SSSR count). The van der Waals surface area contributed by atoms with Gasteiger partial charge in [-0.1, -0.05) is 49.7 Å². The van der Waals surface area contributed by atoms with Crippen molar-refractivity contribution in [3.05, 3.63) is 76.0 Å². The molecule has 3 amide bonds. The number of rotatable bonds is 5. The lowest BCUT2D eigenvalue weighted by Crippen LogP contribution is -2.49. The first-order valence-corrected chi connectivity index (χ1v) is 10.7. The smallest absolute Gasteiger partial charge is 0.338 e. The van der Waals surface area contributed by atoms with Crippen LogP contribution in [0.5, 0.6) is 0 Å². The molecule has 0 fully saturated rings. The lowest BCUT2D eigenvalue weighted by Gasteiger charge is -2.33. The summed E-state index contributed by atoms with van der Waals surface area (Å²) >= 11 is 0. The Morgan fingerprint density at radius 1 is 1.19 bits per heavy atom. The largest absolute Gasteiger partial charge is 0.456 e. The number of anilines is 1. The molecule has 0 aromatic heterocycles. The molecule has 0 aliphatic carbocycles. The topological polar surface area (TPSA) is 87.7 Å². The van der Waals surface area contributed by atoms with Gasteiger partial charge in [-0.15, -0.1) is 0 Å². The Balaban J connectivity index is 1.60. The lowest BCUT2D eigenvalue weighted by atomic mass is 9.91. The number of ether oxygens (including phenoxy) is 1. The summed E-state index contributed by atoms with van der Waals surface area (Å²) in [6.07, 6.45) is 0. The fourth-order valence-electron chi connectivity index (χ4n) is 4.10. The Kier molecular flexibility index (Phi) is 5.74. The van der Waals surface area contributed by atoms with Gasteiger partial charge in [-0.2, -0.15) is 0 Å². The molecule has 2 aromatic carbocycles. The van der Waals surface area contributed by atoms with Crippen LogP contribution in [0.25, 0.3) is 0 Å². The Labute approximate surface area is 187 Å². The number of esters is 1. The van der Waals surface area contributed by atoms with Gasteiger partial charge in [0.05, 0.1) is 17.3 Å². The highest BCUT2D eigenvalue weighted by Crippen LogP contribution is 2.36. The molecule has 0 radical (unpaired) electrons. The van der Waals surface area contributed by atoms with Crippen LogP contribution in [0.1, 0.15) is 48.1 Å². The van der Waals surface area contributed by atoms with Crippen LogP contribution >= 0.6 is 0 Å². The molecule has 1 atom stereocenters. The van der Waals surface area contributed by atoms with Gasteiger partial charge in [0.25, 0.3) is 0 Å². The Bertz CT molecular complexity index is 1140. The standard InChI is InChI=1S/C25H27N3O4/c1-14(2)17-6-5-7-18(11-17)26-21(29)12-28-20-13-32-24(30)22(20)23(27-25(28)31)19-10-15(3)8-9-16(19)4/h5-11,14,23H,12-13H2,1-4H3,(H,26,29)(H,27,31). The van der Waals surface area contributed by atoms with Crippen LogP contribution in [0.3, 0.4) is 0 Å². The van der Waals surface area contributed by atoms with Gasteiger partial charge >= 0.3 is 12.0 Å². The van der Waals surface area contributed by atoms with Crippen molar-refractivity contribution in [1.82, 2.24) is 10.2 Å². The molecule has 7 nitrogen and oxygen atoms in total. The number of nitrogens with zero attached hydrogens (tertiary/aromatic N) is 1. The molecule has 7 heteroatoms. The molecule has 32 heavy (non-hydrogen) atoms. The maximum Gasteiger partial charge on any atom is 0.338 e. The van der Waals surface area contributed by atoms with Crippen LogP contribution in [-0.2, 0) is 14.3 Å². The molecule has 0 saturated heterocycles. The molecular formula is C25H27N3O4. The van der Waals surface area contributed by atoms with Crippen molar-refractivity contribution in [3.63, 3.8) is 0 Å². The molecular weight excluding hydrogens is 406 g/mol. The third-order valence-corrected chi connectivity index (χ3v) is 5.88. The molecule has 2 aliphatic heterocycles. The number of cyclic esters (lactones) is 1. The average molecular weight is 434 g/mol. The van der Waals surface area contributed by atoms with Gasteiger partial charge in [0, 0.05) is 5.69 Å². The second-order valence-corrected chi connectivity index (χ2v) is 8.59.